The van der Waals surface area contributed by atoms with Crippen LogP contribution in [-0.2, 0) is 10.4 Å². The minimum atomic E-state index is -1.80. The molecular formula is C20H22ClF2N3O3. The van der Waals surface area contributed by atoms with Crippen molar-refractivity contribution in [3.05, 3.63) is 45.9 Å². The average molecular weight is 426 g/mol. The van der Waals surface area contributed by atoms with Gasteiger partial charge in [0.1, 0.15) is 5.82 Å². The SMILES string of the molecule is Cc1noc(NC(=O)N2CCC3(CC2)CC(F)(c2cc(F)cc(Cl)c2)CO3)c1C. The number of rotatable bonds is 2. The predicted octanol–water partition coefficient (Wildman–Crippen LogP) is 4.74. The van der Waals surface area contributed by atoms with Crippen molar-refractivity contribution in [2.45, 2.75) is 44.4 Å². The van der Waals surface area contributed by atoms with E-state index >= 15 is 4.39 Å². The second-order valence-corrected chi connectivity index (χ2v) is 8.35. The average Bonchev–Trinajstić information content (AvgIpc) is 3.17. The molecule has 1 aromatic heterocycles. The van der Waals surface area contributed by atoms with Gasteiger partial charge in [-0.25, -0.2) is 13.6 Å². The number of halogens is 3. The van der Waals surface area contributed by atoms with Gasteiger partial charge in [0.15, 0.2) is 5.67 Å². The van der Waals surface area contributed by atoms with E-state index in [4.69, 9.17) is 20.9 Å². The molecule has 2 aromatic rings. The molecule has 156 valence electrons. The fraction of sp³-hybridized carbons (Fsp3) is 0.500. The molecule has 1 aromatic carbocycles. The lowest BCUT2D eigenvalue weighted by Crippen LogP contribution is -2.48. The number of nitrogens with one attached hydrogen (secondary N) is 1. The number of aryl methyl sites for hydroxylation is 1. The number of anilines is 1. The molecule has 2 aliphatic heterocycles. The fourth-order valence-corrected chi connectivity index (χ4v) is 4.25. The Labute approximate surface area is 172 Å². The van der Waals surface area contributed by atoms with Gasteiger partial charge in [0.25, 0.3) is 0 Å². The number of carbonyl (C=O) groups is 1. The van der Waals surface area contributed by atoms with Crippen molar-refractivity contribution >= 4 is 23.5 Å². The number of urea groups is 1. The summed E-state index contributed by atoms with van der Waals surface area (Å²) in [5.41, 5.74) is -0.792. The lowest BCUT2D eigenvalue weighted by atomic mass is 9.81. The molecule has 1 spiro atoms. The Morgan fingerprint density at radius 3 is 2.62 bits per heavy atom. The Morgan fingerprint density at radius 2 is 2.00 bits per heavy atom. The highest BCUT2D eigenvalue weighted by Crippen LogP contribution is 2.48. The lowest BCUT2D eigenvalue weighted by molar-refractivity contribution is -0.0372. The Hall–Kier alpha value is -2.19. The number of ether oxygens (including phenoxy) is 1. The standard InChI is InChI=1S/C20H22ClF2N3O3/c1-12-13(2)25-29-17(12)24-18(27)26-5-3-19(4-6-26)10-20(23,11-28-19)14-7-15(21)9-16(22)8-14/h7-9H,3-6,10-11H2,1-2H3,(H,24,27). The summed E-state index contributed by atoms with van der Waals surface area (Å²) in [5, 5.41) is 6.70. The van der Waals surface area contributed by atoms with Crippen molar-refractivity contribution in [3.63, 3.8) is 0 Å². The van der Waals surface area contributed by atoms with E-state index in [9.17, 15) is 9.18 Å². The second-order valence-electron chi connectivity index (χ2n) is 7.91. The van der Waals surface area contributed by atoms with Crippen molar-refractivity contribution in [1.82, 2.24) is 10.1 Å². The number of carbonyl (C=O) groups excluding carboxylic acids is 1. The summed E-state index contributed by atoms with van der Waals surface area (Å²) in [6.07, 6.45) is 1.09. The van der Waals surface area contributed by atoms with Crippen LogP contribution in [-0.4, -0.2) is 41.4 Å². The van der Waals surface area contributed by atoms with Crippen LogP contribution >= 0.6 is 11.6 Å². The second kappa shape index (κ2) is 7.25. The number of hydrogen-bond acceptors (Lipinski definition) is 4. The molecule has 29 heavy (non-hydrogen) atoms. The number of piperidine rings is 1. The van der Waals surface area contributed by atoms with Gasteiger partial charge in [0, 0.05) is 30.1 Å². The van der Waals surface area contributed by atoms with Gasteiger partial charge in [-0.1, -0.05) is 16.8 Å². The number of benzene rings is 1. The van der Waals surface area contributed by atoms with E-state index in [0.717, 1.165) is 11.6 Å². The molecule has 4 rings (SSSR count). The molecule has 6 nitrogen and oxygen atoms in total. The zero-order chi connectivity index (χ0) is 20.8. The van der Waals surface area contributed by atoms with Gasteiger partial charge >= 0.3 is 6.03 Å². The van der Waals surface area contributed by atoms with E-state index in [1.54, 1.807) is 11.8 Å². The Morgan fingerprint density at radius 1 is 1.28 bits per heavy atom. The number of aromatic nitrogens is 1. The molecule has 1 atom stereocenters. The quantitative estimate of drug-likeness (QED) is 0.754. The predicted molar refractivity (Wildman–Crippen MR) is 103 cm³/mol. The first-order valence-corrected chi connectivity index (χ1v) is 9.86. The molecular weight excluding hydrogens is 404 g/mol. The molecule has 1 N–H and O–H groups in total. The van der Waals surface area contributed by atoms with Crippen LogP contribution in [0, 0.1) is 19.7 Å². The molecule has 2 fully saturated rings. The van der Waals surface area contributed by atoms with Crippen LogP contribution in [0.5, 0.6) is 0 Å². The largest absolute Gasteiger partial charge is 0.371 e. The third-order valence-corrected chi connectivity index (χ3v) is 6.15. The molecule has 0 aliphatic carbocycles. The molecule has 3 heterocycles. The summed E-state index contributed by atoms with van der Waals surface area (Å²) in [7, 11) is 0. The fourth-order valence-electron chi connectivity index (χ4n) is 4.02. The molecule has 9 heteroatoms. The molecule has 2 amide bonds. The highest BCUT2D eigenvalue weighted by molar-refractivity contribution is 6.30. The molecule has 0 radical (unpaired) electrons. The van der Waals surface area contributed by atoms with Gasteiger partial charge in [0.2, 0.25) is 5.88 Å². The first kappa shape index (κ1) is 20.1. The van der Waals surface area contributed by atoms with Gasteiger partial charge in [-0.3, -0.25) is 5.32 Å². The number of likely N-dealkylation sites (tertiary alicyclic amines) is 1. The maximum absolute atomic E-state index is 15.6. The van der Waals surface area contributed by atoms with Gasteiger partial charge in [-0.05, 0) is 50.5 Å². The molecule has 0 saturated carbocycles. The van der Waals surface area contributed by atoms with Crippen LogP contribution in [0.15, 0.2) is 22.7 Å². The number of hydrogen-bond donors (Lipinski definition) is 1. The maximum Gasteiger partial charge on any atom is 0.324 e. The topological polar surface area (TPSA) is 67.6 Å². The van der Waals surface area contributed by atoms with Gasteiger partial charge in [0.05, 0.1) is 17.9 Å². The first-order chi connectivity index (χ1) is 13.7. The molecule has 2 aliphatic rings. The van der Waals surface area contributed by atoms with Crippen molar-refractivity contribution in [3.8, 4) is 0 Å². The van der Waals surface area contributed by atoms with Gasteiger partial charge in [-0.2, -0.15) is 0 Å². The number of amides is 2. The minimum Gasteiger partial charge on any atom is -0.371 e. The Kier molecular flexibility index (Phi) is 5.02. The number of nitrogens with zero attached hydrogens (tertiary/aromatic N) is 2. The summed E-state index contributed by atoms with van der Waals surface area (Å²) < 4.78 is 40.2. The smallest absolute Gasteiger partial charge is 0.324 e. The van der Waals surface area contributed by atoms with E-state index in [1.165, 1.54) is 12.1 Å². The third-order valence-electron chi connectivity index (χ3n) is 5.93. The first-order valence-electron chi connectivity index (χ1n) is 9.48. The van der Waals surface area contributed by atoms with Crippen LogP contribution < -0.4 is 5.32 Å². The van der Waals surface area contributed by atoms with Crippen molar-refractivity contribution in [1.29, 1.82) is 0 Å². The third kappa shape index (κ3) is 3.83. The van der Waals surface area contributed by atoms with Crippen LogP contribution in [0.25, 0.3) is 0 Å². The van der Waals surface area contributed by atoms with Crippen molar-refractivity contribution in [2.75, 3.05) is 25.0 Å². The van der Waals surface area contributed by atoms with Gasteiger partial charge < -0.3 is 14.2 Å². The molecule has 1 unspecified atom stereocenters. The van der Waals surface area contributed by atoms with Crippen LogP contribution in [0.4, 0.5) is 19.5 Å². The van der Waals surface area contributed by atoms with E-state index in [2.05, 4.69) is 10.5 Å². The van der Waals surface area contributed by atoms with Crippen molar-refractivity contribution < 1.29 is 22.8 Å². The van der Waals surface area contributed by atoms with E-state index in [-0.39, 0.29) is 29.6 Å². The normalized spacial score (nSPS) is 23.6. The lowest BCUT2D eigenvalue weighted by Gasteiger charge is -2.38. The zero-order valence-corrected chi connectivity index (χ0v) is 17.0. The highest BCUT2D eigenvalue weighted by Gasteiger charge is 2.52. The van der Waals surface area contributed by atoms with Crippen LogP contribution in [0.3, 0.4) is 0 Å². The maximum atomic E-state index is 15.6. The summed E-state index contributed by atoms with van der Waals surface area (Å²) in [6, 6.07) is 3.46. The Bertz CT molecular complexity index is 923. The van der Waals surface area contributed by atoms with Crippen molar-refractivity contribution in [2.24, 2.45) is 0 Å². The van der Waals surface area contributed by atoms with E-state index < -0.39 is 17.1 Å². The summed E-state index contributed by atoms with van der Waals surface area (Å²) in [4.78, 5) is 14.2. The van der Waals surface area contributed by atoms with E-state index in [1.807, 2.05) is 6.92 Å². The molecule has 2 saturated heterocycles. The monoisotopic (exact) mass is 425 g/mol. The van der Waals surface area contributed by atoms with Crippen LogP contribution in [0.1, 0.15) is 36.1 Å². The summed E-state index contributed by atoms with van der Waals surface area (Å²) in [5.74, 6) is -0.245. The minimum absolute atomic E-state index is 0.107. The number of alkyl halides is 1. The van der Waals surface area contributed by atoms with Gasteiger partial charge in [-0.15, -0.1) is 0 Å². The summed E-state index contributed by atoms with van der Waals surface area (Å²) in [6.45, 7) is 4.29. The molecule has 0 bridgehead atoms. The zero-order valence-electron chi connectivity index (χ0n) is 16.2. The Balaban J connectivity index is 1.40. The highest BCUT2D eigenvalue weighted by atomic mass is 35.5. The van der Waals surface area contributed by atoms with Crippen LogP contribution in [0.2, 0.25) is 5.02 Å². The summed E-state index contributed by atoms with van der Waals surface area (Å²) >= 11 is 5.89. The van der Waals surface area contributed by atoms with E-state index in [0.29, 0.717) is 37.5 Å².